The Kier molecular flexibility index (Phi) is 7.26. The number of thiophene rings is 1. The minimum Gasteiger partial charge on any atom is -0.491 e. The Hall–Kier alpha value is -2.25. The molecule has 1 aromatic carbocycles. The average molecular weight is 471 g/mol. The SMILES string of the molecule is N#Cc1c(C(F)(F)F)cc(-c2cccs2)nc1SCC(O)COc1ccc(Cl)cc1. The second-order valence-corrected chi connectivity index (χ2v) is 8.44. The number of aromatic nitrogens is 1. The van der Waals surface area contributed by atoms with Crippen LogP contribution >= 0.6 is 34.7 Å². The molecule has 0 saturated heterocycles. The van der Waals surface area contributed by atoms with E-state index in [2.05, 4.69) is 4.98 Å². The molecule has 4 nitrogen and oxygen atoms in total. The second kappa shape index (κ2) is 9.71. The van der Waals surface area contributed by atoms with Crippen molar-refractivity contribution in [2.75, 3.05) is 12.4 Å². The second-order valence-electron chi connectivity index (χ2n) is 6.05. The minimum atomic E-state index is -4.70. The third-order valence-electron chi connectivity index (χ3n) is 3.85. The molecular formula is C20H14ClF3N2O2S2. The van der Waals surface area contributed by atoms with Gasteiger partial charge < -0.3 is 9.84 Å². The van der Waals surface area contributed by atoms with Gasteiger partial charge in [0.25, 0.3) is 0 Å². The maximum Gasteiger partial charge on any atom is 0.417 e. The highest BCUT2D eigenvalue weighted by Crippen LogP contribution is 2.38. The number of hydrogen-bond acceptors (Lipinski definition) is 6. The molecule has 0 bridgehead atoms. The molecule has 3 rings (SSSR count). The number of alkyl halides is 3. The van der Waals surface area contributed by atoms with E-state index in [-0.39, 0.29) is 23.1 Å². The van der Waals surface area contributed by atoms with Gasteiger partial charge in [0, 0.05) is 10.8 Å². The van der Waals surface area contributed by atoms with Crippen molar-refractivity contribution in [2.45, 2.75) is 17.3 Å². The lowest BCUT2D eigenvalue weighted by atomic mass is 10.1. The van der Waals surface area contributed by atoms with Crippen LogP contribution in [0.25, 0.3) is 10.6 Å². The molecular weight excluding hydrogens is 457 g/mol. The van der Waals surface area contributed by atoms with Crippen LogP contribution in [0.15, 0.2) is 52.9 Å². The van der Waals surface area contributed by atoms with Crippen molar-refractivity contribution in [3.05, 3.63) is 64.0 Å². The number of nitriles is 1. The number of nitrogens with zero attached hydrogens (tertiary/aromatic N) is 2. The molecule has 0 spiro atoms. The van der Waals surface area contributed by atoms with E-state index in [1.165, 1.54) is 11.3 Å². The molecule has 1 unspecified atom stereocenters. The maximum absolute atomic E-state index is 13.5. The third-order valence-corrected chi connectivity index (χ3v) is 6.11. The van der Waals surface area contributed by atoms with Gasteiger partial charge in [0.1, 0.15) is 23.5 Å². The van der Waals surface area contributed by atoms with Crippen LogP contribution < -0.4 is 4.74 Å². The van der Waals surface area contributed by atoms with E-state index in [1.807, 2.05) is 0 Å². The normalized spacial score (nSPS) is 12.4. The lowest BCUT2D eigenvalue weighted by Crippen LogP contribution is -2.20. The standard InChI is InChI=1S/C20H14ClF3N2O2S2/c21-12-3-5-14(6-4-12)28-10-13(27)11-30-19-15(9-25)16(20(22,23)24)8-17(26-19)18-2-1-7-29-18/h1-8,13,27H,10-11H2. The Morgan fingerprint density at radius 3 is 2.60 bits per heavy atom. The lowest BCUT2D eigenvalue weighted by Gasteiger charge is -2.15. The third kappa shape index (κ3) is 5.67. The highest BCUT2D eigenvalue weighted by Gasteiger charge is 2.36. The summed E-state index contributed by atoms with van der Waals surface area (Å²) < 4.78 is 46.0. The fourth-order valence-corrected chi connectivity index (χ4v) is 4.18. The summed E-state index contributed by atoms with van der Waals surface area (Å²) in [6.45, 7) is -0.0761. The summed E-state index contributed by atoms with van der Waals surface area (Å²) in [6.07, 6.45) is -5.69. The van der Waals surface area contributed by atoms with E-state index >= 15 is 0 Å². The molecule has 3 aromatic rings. The van der Waals surface area contributed by atoms with Gasteiger partial charge in [-0.15, -0.1) is 23.1 Å². The highest BCUT2D eigenvalue weighted by atomic mass is 35.5. The molecule has 2 aromatic heterocycles. The number of pyridine rings is 1. The number of aliphatic hydroxyl groups excluding tert-OH is 1. The van der Waals surface area contributed by atoms with E-state index in [0.717, 1.165) is 17.8 Å². The first-order valence-electron chi connectivity index (χ1n) is 8.53. The van der Waals surface area contributed by atoms with E-state index in [0.29, 0.717) is 15.6 Å². The number of halogens is 4. The van der Waals surface area contributed by atoms with Gasteiger partial charge in [-0.05, 0) is 41.8 Å². The number of ether oxygens (including phenoxy) is 1. The predicted octanol–water partition coefficient (Wildman–Crippen LogP) is 5.89. The molecule has 0 amide bonds. The Bertz CT molecular complexity index is 1040. The molecule has 30 heavy (non-hydrogen) atoms. The quantitative estimate of drug-likeness (QED) is 0.436. The van der Waals surface area contributed by atoms with Gasteiger partial charge in [-0.25, -0.2) is 4.98 Å². The predicted molar refractivity (Wildman–Crippen MR) is 111 cm³/mol. The summed E-state index contributed by atoms with van der Waals surface area (Å²) in [5, 5.41) is 21.7. The zero-order valence-electron chi connectivity index (χ0n) is 15.2. The number of rotatable bonds is 7. The smallest absolute Gasteiger partial charge is 0.417 e. The van der Waals surface area contributed by atoms with Crippen molar-refractivity contribution < 1.29 is 23.0 Å². The average Bonchev–Trinajstić information content (AvgIpc) is 3.25. The van der Waals surface area contributed by atoms with Gasteiger partial charge in [0.05, 0.1) is 27.8 Å². The topological polar surface area (TPSA) is 66.1 Å². The van der Waals surface area contributed by atoms with Crippen molar-refractivity contribution in [3.63, 3.8) is 0 Å². The zero-order valence-corrected chi connectivity index (χ0v) is 17.6. The van der Waals surface area contributed by atoms with E-state index in [9.17, 15) is 23.5 Å². The van der Waals surface area contributed by atoms with Crippen LogP contribution in [-0.2, 0) is 6.18 Å². The fraction of sp³-hybridized carbons (Fsp3) is 0.200. The Morgan fingerprint density at radius 1 is 1.27 bits per heavy atom. The molecule has 0 aliphatic rings. The zero-order chi connectivity index (χ0) is 21.7. The fourth-order valence-electron chi connectivity index (χ4n) is 2.45. The summed E-state index contributed by atoms with van der Waals surface area (Å²) in [6, 6.07) is 12.4. The summed E-state index contributed by atoms with van der Waals surface area (Å²) in [7, 11) is 0. The summed E-state index contributed by atoms with van der Waals surface area (Å²) in [5.41, 5.74) is -1.47. The molecule has 0 radical (unpaired) electrons. The lowest BCUT2D eigenvalue weighted by molar-refractivity contribution is -0.138. The Labute approximate surface area is 183 Å². The van der Waals surface area contributed by atoms with Crippen molar-refractivity contribution in [1.82, 2.24) is 4.98 Å². The van der Waals surface area contributed by atoms with Gasteiger partial charge in [0.2, 0.25) is 0 Å². The van der Waals surface area contributed by atoms with Crippen molar-refractivity contribution >= 4 is 34.7 Å². The number of aliphatic hydroxyl groups is 1. The maximum atomic E-state index is 13.5. The summed E-state index contributed by atoms with van der Waals surface area (Å²) in [4.78, 5) is 4.80. The molecule has 0 fully saturated rings. The van der Waals surface area contributed by atoms with Gasteiger partial charge in [-0.3, -0.25) is 0 Å². The monoisotopic (exact) mass is 470 g/mol. The van der Waals surface area contributed by atoms with Crippen LogP contribution in [-0.4, -0.2) is 28.6 Å². The largest absolute Gasteiger partial charge is 0.491 e. The van der Waals surface area contributed by atoms with Gasteiger partial charge in [-0.1, -0.05) is 17.7 Å². The van der Waals surface area contributed by atoms with Gasteiger partial charge in [-0.2, -0.15) is 18.4 Å². The van der Waals surface area contributed by atoms with Crippen molar-refractivity contribution in [3.8, 4) is 22.4 Å². The molecule has 0 saturated carbocycles. The van der Waals surface area contributed by atoms with Crippen molar-refractivity contribution in [2.24, 2.45) is 0 Å². The van der Waals surface area contributed by atoms with E-state index in [1.54, 1.807) is 47.8 Å². The van der Waals surface area contributed by atoms with Crippen molar-refractivity contribution in [1.29, 1.82) is 5.26 Å². The van der Waals surface area contributed by atoms with E-state index < -0.39 is 23.4 Å². The molecule has 0 aliphatic heterocycles. The molecule has 2 heterocycles. The minimum absolute atomic E-state index is 0.000457. The molecule has 0 aliphatic carbocycles. The first kappa shape index (κ1) is 22.4. The van der Waals surface area contributed by atoms with E-state index in [4.69, 9.17) is 16.3 Å². The van der Waals surface area contributed by atoms with Crippen LogP contribution in [0.1, 0.15) is 11.1 Å². The first-order valence-corrected chi connectivity index (χ1v) is 10.8. The van der Waals surface area contributed by atoms with Crippen LogP contribution in [0.5, 0.6) is 5.75 Å². The Balaban J connectivity index is 1.77. The first-order chi connectivity index (χ1) is 14.3. The van der Waals surface area contributed by atoms with Gasteiger partial charge in [0.15, 0.2) is 0 Å². The summed E-state index contributed by atoms with van der Waals surface area (Å²) in [5.74, 6) is 0.499. The molecule has 10 heteroatoms. The molecule has 156 valence electrons. The molecule has 1 N–H and O–H groups in total. The number of thioether (sulfide) groups is 1. The van der Waals surface area contributed by atoms with Crippen LogP contribution in [0.3, 0.4) is 0 Å². The van der Waals surface area contributed by atoms with Crippen LogP contribution in [0, 0.1) is 11.3 Å². The molecule has 1 atom stereocenters. The number of hydrogen-bond donors (Lipinski definition) is 1. The summed E-state index contributed by atoms with van der Waals surface area (Å²) >= 11 is 7.92. The van der Waals surface area contributed by atoms with Crippen LogP contribution in [0.4, 0.5) is 13.2 Å². The Morgan fingerprint density at radius 2 is 2.00 bits per heavy atom. The van der Waals surface area contributed by atoms with Crippen LogP contribution in [0.2, 0.25) is 5.02 Å². The highest BCUT2D eigenvalue weighted by molar-refractivity contribution is 7.99. The van der Waals surface area contributed by atoms with Gasteiger partial charge >= 0.3 is 6.18 Å². The number of benzene rings is 1.